The van der Waals surface area contributed by atoms with E-state index >= 15 is 0 Å². The van der Waals surface area contributed by atoms with Crippen LogP contribution in [0.2, 0.25) is 0 Å². The van der Waals surface area contributed by atoms with Crippen molar-refractivity contribution < 1.29 is 0 Å². The fourth-order valence-electron chi connectivity index (χ4n) is 2.90. The predicted molar refractivity (Wildman–Crippen MR) is 91.7 cm³/mol. The number of rotatable bonds is 2. The zero-order valence-electron chi connectivity index (χ0n) is 13.9. The highest BCUT2D eigenvalue weighted by atomic mass is 16.1. The van der Waals surface area contributed by atoms with Crippen molar-refractivity contribution in [3.63, 3.8) is 0 Å². The first-order valence-electron chi connectivity index (χ1n) is 7.57. The lowest BCUT2D eigenvalue weighted by atomic mass is 10.2. The van der Waals surface area contributed by atoms with Gasteiger partial charge in [0.1, 0.15) is 12.1 Å². The van der Waals surface area contributed by atoms with Gasteiger partial charge in [-0.25, -0.2) is 9.78 Å². The van der Waals surface area contributed by atoms with Crippen LogP contribution in [0.15, 0.2) is 29.3 Å². The Labute approximate surface area is 137 Å². The molecule has 0 unspecified atom stereocenters. The van der Waals surface area contributed by atoms with Crippen molar-refractivity contribution in [2.45, 2.75) is 13.8 Å². The molecule has 3 aromatic heterocycles. The minimum absolute atomic E-state index is 0.0447. The Balaban J connectivity index is 1.88. The van der Waals surface area contributed by atoms with Crippen LogP contribution in [0.5, 0.6) is 0 Å². The molecule has 0 aliphatic heterocycles. The largest absolute Gasteiger partial charge is 0.340 e. The monoisotopic (exact) mass is 323 g/mol. The van der Waals surface area contributed by atoms with E-state index in [-0.39, 0.29) is 5.69 Å². The average Bonchev–Trinajstić information content (AvgIpc) is 3.11. The molecule has 0 atom stereocenters. The summed E-state index contributed by atoms with van der Waals surface area (Å²) in [5.74, 6) is 1.36. The summed E-state index contributed by atoms with van der Waals surface area (Å²) in [5.41, 5.74) is 4.47. The van der Waals surface area contributed by atoms with E-state index in [9.17, 15) is 4.79 Å². The van der Waals surface area contributed by atoms with E-state index in [1.165, 1.54) is 6.33 Å². The second-order valence-electron chi connectivity index (χ2n) is 5.87. The van der Waals surface area contributed by atoms with Crippen molar-refractivity contribution in [1.29, 1.82) is 0 Å². The molecule has 0 saturated heterocycles. The van der Waals surface area contributed by atoms with Gasteiger partial charge in [0.2, 0.25) is 0 Å². The van der Waals surface area contributed by atoms with Crippen LogP contribution in [0.1, 0.15) is 11.3 Å². The molecular weight excluding hydrogens is 306 g/mol. The van der Waals surface area contributed by atoms with Crippen molar-refractivity contribution in [2.24, 2.45) is 14.1 Å². The van der Waals surface area contributed by atoms with Crippen molar-refractivity contribution in [1.82, 2.24) is 28.7 Å². The predicted octanol–water partition coefficient (Wildman–Crippen LogP) is 1.68. The summed E-state index contributed by atoms with van der Waals surface area (Å²) in [6, 6.07) is 5.83. The Morgan fingerprint density at radius 2 is 1.83 bits per heavy atom. The number of hydrogen-bond acceptors (Lipinski definition) is 5. The van der Waals surface area contributed by atoms with Gasteiger partial charge in [-0.2, -0.15) is 14.6 Å². The number of nitrogens with zero attached hydrogens (tertiary/aromatic N) is 6. The van der Waals surface area contributed by atoms with E-state index in [1.807, 2.05) is 32.0 Å². The topological polar surface area (TPSA) is 82.0 Å². The highest BCUT2D eigenvalue weighted by molar-refractivity contribution is 5.81. The molecule has 0 saturated carbocycles. The molecule has 122 valence electrons. The third kappa shape index (κ3) is 1.92. The van der Waals surface area contributed by atoms with Crippen LogP contribution in [0.4, 0.5) is 11.5 Å². The van der Waals surface area contributed by atoms with Crippen LogP contribution in [0.25, 0.3) is 16.8 Å². The first-order valence-corrected chi connectivity index (χ1v) is 7.57. The van der Waals surface area contributed by atoms with E-state index < -0.39 is 0 Å². The third-order valence-corrected chi connectivity index (χ3v) is 4.44. The zero-order valence-corrected chi connectivity index (χ0v) is 13.9. The molecule has 24 heavy (non-hydrogen) atoms. The summed E-state index contributed by atoms with van der Waals surface area (Å²) in [4.78, 5) is 20.6. The lowest BCUT2D eigenvalue weighted by Crippen LogP contribution is -2.19. The van der Waals surface area contributed by atoms with Gasteiger partial charge < -0.3 is 5.32 Å². The highest BCUT2D eigenvalue weighted by Gasteiger charge is 2.13. The maximum absolute atomic E-state index is 12.1. The Kier molecular flexibility index (Phi) is 2.96. The molecule has 3 heterocycles. The minimum atomic E-state index is -0.0447. The number of anilines is 2. The Morgan fingerprint density at radius 3 is 2.62 bits per heavy atom. The Morgan fingerprint density at radius 1 is 1.08 bits per heavy atom. The molecular formula is C16H17N7O. The first kappa shape index (κ1) is 14.4. The zero-order chi connectivity index (χ0) is 17.0. The van der Waals surface area contributed by atoms with Gasteiger partial charge in [0.05, 0.1) is 11.0 Å². The van der Waals surface area contributed by atoms with E-state index in [0.717, 1.165) is 33.8 Å². The van der Waals surface area contributed by atoms with Crippen LogP contribution in [-0.4, -0.2) is 28.7 Å². The summed E-state index contributed by atoms with van der Waals surface area (Å²) in [6.45, 7) is 3.93. The van der Waals surface area contributed by atoms with Crippen molar-refractivity contribution in [2.75, 3.05) is 5.32 Å². The molecule has 0 aliphatic carbocycles. The summed E-state index contributed by atoms with van der Waals surface area (Å²) in [5, 5.41) is 7.62. The number of aryl methyl sites for hydroxylation is 3. The van der Waals surface area contributed by atoms with Crippen molar-refractivity contribution in [3.05, 3.63) is 46.3 Å². The van der Waals surface area contributed by atoms with Gasteiger partial charge >= 0.3 is 5.69 Å². The van der Waals surface area contributed by atoms with Gasteiger partial charge in [-0.3, -0.25) is 9.13 Å². The molecule has 4 aromatic rings. The molecule has 4 rings (SSSR count). The Hall–Kier alpha value is -3.16. The van der Waals surface area contributed by atoms with Gasteiger partial charge in [-0.1, -0.05) is 0 Å². The lowest BCUT2D eigenvalue weighted by molar-refractivity contribution is 0.795. The molecule has 0 bridgehead atoms. The fourth-order valence-corrected chi connectivity index (χ4v) is 2.90. The normalized spacial score (nSPS) is 11.5. The van der Waals surface area contributed by atoms with Gasteiger partial charge in [-0.15, -0.1) is 0 Å². The Bertz CT molecular complexity index is 1150. The van der Waals surface area contributed by atoms with Crippen LogP contribution in [0, 0.1) is 13.8 Å². The van der Waals surface area contributed by atoms with Crippen LogP contribution >= 0.6 is 0 Å². The number of aromatic nitrogens is 6. The van der Waals surface area contributed by atoms with Crippen molar-refractivity contribution in [3.8, 4) is 0 Å². The van der Waals surface area contributed by atoms with Crippen LogP contribution in [0.3, 0.4) is 0 Å². The molecule has 0 radical (unpaired) electrons. The molecule has 0 fully saturated rings. The van der Waals surface area contributed by atoms with Gasteiger partial charge in [0, 0.05) is 31.0 Å². The molecule has 0 amide bonds. The highest BCUT2D eigenvalue weighted by Crippen LogP contribution is 2.24. The van der Waals surface area contributed by atoms with Crippen LogP contribution in [-0.2, 0) is 14.1 Å². The molecule has 0 spiro atoms. The SMILES string of the molecule is Cc1nc2ncnn2c(Nc2ccc3c(c2)n(C)c(=O)n3C)c1C. The van der Waals surface area contributed by atoms with Gasteiger partial charge in [0.15, 0.2) is 0 Å². The number of fused-ring (bicyclic) bond motifs is 2. The number of benzene rings is 1. The second kappa shape index (κ2) is 4.92. The average molecular weight is 323 g/mol. The summed E-state index contributed by atoms with van der Waals surface area (Å²) >= 11 is 0. The first-order chi connectivity index (χ1) is 11.5. The summed E-state index contributed by atoms with van der Waals surface area (Å²) in [6.07, 6.45) is 1.48. The van der Waals surface area contributed by atoms with Gasteiger partial charge in [-0.05, 0) is 32.0 Å². The summed E-state index contributed by atoms with van der Waals surface area (Å²) in [7, 11) is 3.54. The second-order valence-corrected chi connectivity index (χ2v) is 5.87. The van der Waals surface area contributed by atoms with E-state index in [2.05, 4.69) is 20.4 Å². The van der Waals surface area contributed by atoms with E-state index in [0.29, 0.717) is 5.78 Å². The number of hydrogen-bond donors (Lipinski definition) is 1. The van der Waals surface area contributed by atoms with Crippen LogP contribution < -0.4 is 11.0 Å². The van der Waals surface area contributed by atoms with Gasteiger partial charge in [0.25, 0.3) is 5.78 Å². The fraction of sp³-hybridized carbons (Fsp3) is 0.250. The molecule has 8 nitrogen and oxygen atoms in total. The lowest BCUT2D eigenvalue weighted by Gasteiger charge is -2.12. The standard InChI is InChI=1S/C16H17N7O/c1-9-10(2)19-15-17-8-18-23(15)14(9)20-11-5-6-12-13(7-11)22(4)16(24)21(12)3/h5-8,20H,1-4H3. The molecule has 0 aliphatic rings. The summed E-state index contributed by atoms with van der Waals surface area (Å²) < 4.78 is 4.95. The molecule has 1 N–H and O–H groups in total. The number of imidazole rings is 1. The minimum Gasteiger partial charge on any atom is -0.340 e. The molecule has 1 aromatic carbocycles. The van der Waals surface area contributed by atoms with E-state index in [1.54, 1.807) is 27.7 Å². The maximum Gasteiger partial charge on any atom is 0.328 e. The quantitative estimate of drug-likeness (QED) is 0.607. The molecule has 8 heteroatoms. The van der Waals surface area contributed by atoms with Crippen molar-refractivity contribution >= 4 is 28.3 Å². The van der Waals surface area contributed by atoms with E-state index in [4.69, 9.17) is 0 Å². The smallest absolute Gasteiger partial charge is 0.328 e. The number of nitrogens with one attached hydrogen (secondary N) is 1. The maximum atomic E-state index is 12.1. The third-order valence-electron chi connectivity index (χ3n) is 4.44.